The molecule has 0 aromatic rings. The Balaban J connectivity index is 3.49. The van der Waals surface area contributed by atoms with Crippen molar-refractivity contribution in [2.45, 2.75) is 13.0 Å². The summed E-state index contributed by atoms with van der Waals surface area (Å²) in [5, 5.41) is 10.9. The summed E-state index contributed by atoms with van der Waals surface area (Å²) < 4.78 is 0. The Hall–Kier alpha value is -1.10. The van der Waals surface area contributed by atoms with Crippen molar-refractivity contribution >= 4 is 11.8 Å². The minimum absolute atomic E-state index is 0.120. The number of hydrogen-bond acceptors (Lipinski definition) is 3. The van der Waals surface area contributed by atoms with Gasteiger partial charge in [-0.3, -0.25) is 9.59 Å². The fourth-order valence-corrected chi connectivity index (χ4v) is 0.341. The lowest BCUT2D eigenvalue weighted by Gasteiger charge is -2.05. The van der Waals surface area contributed by atoms with Crippen LogP contribution in [0.4, 0.5) is 0 Å². The third-order valence-electron chi connectivity index (χ3n) is 0.873. The first-order chi connectivity index (χ1) is 4.54. The maximum absolute atomic E-state index is 10.2. The zero-order valence-electron chi connectivity index (χ0n) is 5.63. The van der Waals surface area contributed by atoms with E-state index in [1.807, 2.05) is 0 Å². The molecule has 0 rings (SSSR count). The van der Waals surface area contributed by atoms with E-state index in [1.165, 1.54) is 6.92 Å². The molecule has 5 nitrogen and oxygen atoms in total. The van der Waals surface area contributed by atoms with Crippen molar-refractivity contribution < 1.29 is 14.7 Å². The Morgan fingerprint density at radius 1 is 1.70 bits per heavy atom. The van der Waals surface area contributed by atoms with Crippen LogP contribution in [0.2, 0.25) is 0 Å². The molecule has 1 unspecified atom stereocenters. The number of rotatable bonds is 3. The van der Waals surface area contributed by atoms with Gasteiger partial charge in [0.05, 0.1) is 6.54 Å². The van der Waals surface area contributed by atoms with Crippen LogP contribution in [0.5, 0.6) is 0 Å². The van der Waals surface area contributed by atoms with Gasteiger partial charge in [0.25, 0.3) is 0 Å². The van der Waals surface area contributed by atoms with Gasteiger partial charge in [-0.15, -0.1) is 0 Å². The van der Waals surface area contributed by atoms with Gasteiger partial charge in [-0.05, 0) is 0 Å². The third-order valence-corrected chi connectivity index (χ3v) is 0.873. The third kappa shape index (κ3) is 3.85. The number of aliphatic hydroxyl groups excluding tert-OH is 1. The van der Waals surface area contributed by atoms with Crippen LogP contribution in [0.15, 0.2) is 0 Å². The highest BCUT2D eigenvalue weighted by Gasteiger charge is 2.09. The molecule has 0 saturated carbocycles. The molecule has 1 atom stereocenters. The fourth-order valence-electron chi connectivity index (χ4n) is 0.341. The molecule has 0 aliphatic heterocycles. The molecular formula is C5H10N2O3. The van der Waals surface area contributed by atoms with E-state index < -0.39 is 12.0 Å². The van der Waals surface area contributed by atoms with Crippen LogP contribution in [-0.4, -0.2) is 29.6 Å². The molecule has 5 heteroatoms. The Morgan fingerprint density at radius 3 is 2.50 bits per heavy atom. The number of hydrogen-bond donors (Lipinski definition) is 3. The molecule has 2 amide bonds. The van der Waals surface area contributed by atoms with Crippen molar-refractivity contribution in [3.8, 4) is 0 Å². The Kier molecular flexibility index (Phi) is 3.42. The first-order valence-electron chi connectivity index (χ1n) is 2.76. The van der Waals surface area contributed by atoms with E-state index in [0.717, 1.165) is 0 Å². The highest BCUT2D eigenvalue weighted by Crippen LogP contribution is 1.76. The van der Waals surface area contributed by atoms with Crippen LogP contribution >= 0.6 is 0 Å². The number of nitrogens with one attached hydrogen (secondary N) is 1. The Morgan fingerprint density at radius 2 is 2.20 bits per heavy atom. The van der Waals surface area contributed by atoms with Gasteiger partial charge in [-0.1, -0.05) is 0 Å². The standard InChI is InChI=1S/C5H10N2O3/c1-3(8)7-2-4(9)5(6)10/h4,9H,2H2,1H3,(H2,6,10)(H,7,8). The second kappa shape index (κ2) is 3.84. The molecule has 0 aromatic heterocycles. The van der Waals surface area contributed by atoms with Crippen LogP contribution in [0, 0.1) is 0 Å². The monoisotopic (exact) mass is 146 g/mol. The molecule has 58 valence electrons. The number of primary amides is 1. The Bertz CT molecular complexity index is 146. The molecule has 0 heterocycles. The summed E-state index contributed by atoms with van der Waals surface area (Å²) in [6.45, 7) is 1.17. The lowest BCUT2D eigenvalue weighted by atomic mass is 10.3. The van der Waals surface area contributed by atoms with Crippen LogP contribution in [-0.2, 0) is 9.59 Å². The van der Waals surface area contributed by atoms with E-state index in [9.17, 15) is 9.59 Å². The molecule has 0 aromatic carbocycles. The molecule has 0 bridgehead atoms. The van der Waals surface area contributed by atoms with E-state index >= 15 is 0 Å². The predicted molar refractivity (Wildman–Crippen MR) is 33.9 cm³/mol. The quantitative estimate of drug-likeness (QED) is 0.428. The van der Waals surface area contributed by atoms with E-state index in [-0.39, 0.29) is 12.5 Å². The maximum Gasteiger partial charge on any atom is 0.248 e. The van der Waals surface area contributed by atoms with Gasteiger partial charge < -0.3 is 16.2 Å². The fraction of sp³-hybridized carbons (Fsp3) is 0.600. The molecule has 0 aliphatic rings. The van der Waals surface area contributed by atoms with Crippen molar-refractivity contribution in [3.63, 3.8) is 0 Å². The normalized spacial score (nSPS) is 12.2. The predicted octanol–water partition coefficient (Wildman–Crippen LogP) is -2.03. The summed E-state index contributed by atoms with van der Waals surface area (Å²) in [4.78, 5) is 20.3. The van der Waals surface area contributed by atoms with E-state index in [1.54, 1.807) is 0 Å². The van der Waals surface area contributed by atoms with Crippen LogP contribution in [0.3, 0.4) is 0 Å². The SMILES string of the molecule is CC(=O)NCC(O)C(N)=O. The van der Waals surface area contributed by atoms with Crippen LogP contribution < -0.4 is 11.1 Å². The summed E-state index contributed by atoms with van der Waals surface area (Å²) in [6, 6.07) is 0. The lowest BCUT2D eigenvalue weighted by Crippen LogP contribution is -2.39. The summed E-state index contributed by atoms with van der Waals surface area (Å²) in [5.41, 5.74) is 4.68. The van der Waals surface area contributed by atoms with Gasteiger partial charge in [0, 0.05) is 6.92 Å². The average molecular weight is 146 g/mol. The second-order valence-corrected chi connectivity index (χ2v) is 1.86. The van der Waals surface area contributed by atoms with Crippen molar-refractivity contribution in [2.24, 2.45) is 5.73 Å². The highest BCUT2D eigenvalue weighted by molar-refractivity contribution is 5.80. The van der Waals surface area contributed by atoms with Crippen molar-refractivity contribution in [2.75, 3.05) is 6.54 Å². The summed E-state index contributed by atoms with van der Waals surface area (Å²) in [5.74, 6) is -1.14. The summed E-state index contributed by atoms with van der Waals surface area (Å²) in [6.07, 6.45) is -1.29. The smallest absolute Gasteiger partial charge is 0.248 e. The molecule has 0 fully saturated rings. The van der Waals surface area contributed by atoms with Gasteiger partial charge >= 0.3 is 0 Å². The Labute approximate surface area is 58.2 Å². The number of amides is 2. The molecular weight excluding hydrogens is 136 g/mol. The highest BCUT2D eigenvalue weighted by atomic mass is 16.3. The number of carbonyl (C=O) groups excluding carboxylic acids is 2. The van der Waals surface area contributed by atoms with Gasteiger partial charge in [0.15, 0.2) is 0 Å². The van der Waals surface area contributed by atoms with Gasteiger partial charge in [0.2, 0.25) is 11.8 Å². The summed E-state index contributed by atoms with van der Waals surface area (Å²) >= 11 is 0. The molecule has 0 spiro atoms. The average Bonchev–Trinajstić information content (AvgIpc) is 1.82. The first kappa shape index (κ1) is 8.90. The second-order valence-electron chi connectivity index (χ2n) is 1.86. The van der Waals surface area contributed by atoms with E-state index in [2.05, 4.69) is 11.1 Å². The molecule has 0 aliphatic carbocycles. The van der Waals surface area contributed by atoms with Gasteiger partial charge in [-0.2, -0.15) is 0 Å². The number of aliphatic hydroxyl groups is 1. The molecule has 0 radical (unpaired) electrons. The van der Waals surface area contributed by atoms with Crippen molar-refractivity contribution in [1.82, 2.24) is 5.32 Å². The number of nitrogens with two attached hydrogens (primary N) is 1. The summed E-state index contributed by atoms with van der Waals surface area (Å²) in [7, 11) is 0. The zero-order valence-corrected chi connectivity index (χ0v) is 5.63. The molecule has 4 N–H and O–H groups in total. The minimum Gasteiger partial charge on any atom is -0.381 e. The topological polar surface area (TPSA) is 92.4 Å². The van der Waals surface area contributed by atoms with Crippen molar-refractivity contribution in [3.05, 3.63) is 0 Å². The van der Waals surface area contributed by atoms with Gasteiger partial charge in [0.1, 0.15) is 6.10 Å². The lowest BCUT2D eigenvalue weighted by molar-refractivity contribution is -0.126. The maximum atomic E-state index is 10.2. The molecule has 10 heavy (non-hydrogen) atoms. The van der Waals surface area contributed by atoms with Crippen LogP contribution in [0.25, 0.3) is 0 Å². The first-order valence-corrected chi connectivity index (χ1v) is 2.76. The zero-order chi connectivity index (χ0) is 8.15. The minimum atomic E-state index is -1.29. The number of carbonyl (C=O) groups is 2. The van der Waals surface area contributed by atoms with Gasteiger partial charge in [-0.25, -0.2) is 0 Å². The van der Waals surface area contributed by atoms with Crippen molar-refractivity contribution in [1.29, 1.82) is 0 Å². The van der Waals surface area contributed by atoms with Crippen LogP contribution in [0.1, 0.15) is 6.92 Å². The van der Waals surface area contributed by atoms with E-state index in [4.69, 9.17) is 5.11 Å². The largest absolute Gasteiger partial charge is 0.381 e. The van der Waals surface area contributed by atoms with E-state index in [0.29, 0.717) is 0 Å². The molecule has 0 saturated heterocycles.